The van der Waals surface area contributed by atoms with Crippen LogP contribution in [-0.2, 0) is 19.6 Å². The number of carbonyl (C=O) groups is 2. The van der Waals surface area contributed by atoms with Crippen LogP contribution < -0.4 is 19.8 Å². The molecule has 318 valence electrons. The van der Waals surface area contributed by atoms with Gasteiger partial charge in [-0.2, -0.15) is 5.10 Å². The summed E-state index contributed by atoms with van der Waals surface area (Å²) in [5.41, 5.74) is 5.76. The Labute approximate surface area is 361 Å². The Morgan fingerprint density at radius 2 is 1.41 bits per heavy atom. The van der Waals surface area contributed by atoms with E-state index < -0.39 is 21.1 Å². The zero-order valence-electron chi connectivity index (χ0n) is 34.0. The van der Waals surface area contributed by atoms with Crippen molar-refractivity contribution in [3.8, 4) is 28.1 Å². The van der Waals surface area contributed by atoms with Gasteiger partial charge in [0.25, 0.3) is 0 Å². The van der Waals surface area contributed by atoms with Gasteiger partial charge in [-0.05, 0) is 104 Å². The number of rotatable bonds is 11. The molecule has 0 bridgehead atoms. The lowest BCUT2D eigenvalue weighted by Gasteiger charge is -2.40. The largest absolute Gasteiger partial charge is 0.372 e. The van der Waals surface area contributed by atoms with E-state index in [1.807, 2.05) is 36.4 Å². The second-order valence-electron chi connectivity index (χ2n) is 16.8. The van der Waals surface area contributed by atoms with Crippen molar-refractivity contribution in [1.29, 1.82) is 0 Å². The quantitative estimate of drug-likeness (QED) is 0.129. The van der Waals surface area contributed by atoms with E-state index in [0.717, 1.165) is 94.0 Å². The zero-order chi connectivity index (χ0) is 42.1. The molecule has 2 amide bonds. The monoisotopic (exact) mass is 864 g/mol. The van der Waals surface area contributed by atoms with Crippen molar-refractivity contribution < 1.29 is 22.4 Å². The molecule has 0 unspecified atom stereocenters. The Morgan fingerprint density at radius 1 is 0.770 bits per heavy atom. The molecule has 3 aliphatic heterocycles. The highest BCUT2D eigenvalue weighted by molar-refractivity contribution is 7.93. The minimum Gasteiger partial charge on any atom is -0.372 e. The van der Waals surface area contributed by atoms with Gasteiger partial charge in [-0.3, -0.25) is 29.5 Å². The van der Waals surface area contributed by atoms with Crippen LogP contribution in [0, 0.1) is 11.7 Å². The molecule has 1 saturated carbocycles. The Hall–Kier alpha value is -5.31. The van der Waals surface area contributed by atoms with E-state index in [2.05, 4.69) is 54.0 Å². The van der Waals surface area contributed by atoms with Gasteiger partial charge in [0.05, 0.1) is 22.5 Å². The maximum Gasteiger partial charge on any atom is 0.235 e. The summed E-state index contributed by atoms with van der Waals surface area (Å²) in [6.07, 6.45) is 11.1. The molecule has 9 rings (SSSR count). The SMILES string of the molecule is O=C1CC[C@H](c2ccc(N3CCC(CN4CCN(c5ccc(-n6cc(-c7cc(Cl)cc(NS(=O)(=O)C8CCCC8)c7F)c(-c7ccncc7)n6)cc5)CC4)CC3)cc2)C(=O)N1. The summed E-state index contributed by atoms with van der Waals surface area (Å²) in [4.78, 5) is 35.5. The van der Waals surface area contributed by atoms with Crippen LogP contribution >= 0.6 is 11.6 Å². The van der Waals surface area contributed by atoms with Gasteiger partial charge in [0, 0.05) is 104 Å². The number of nitrogens with zero attached hydrogens (tertiary/aromatic N) is 6. The average Bonchev–Trinajstić information content (AvgIpc) is 3.99. The average molecular weight is 865 g/mol. The highest BCUT2D eigenvalue weighted by Crippen LogP contribution is 2.39. The Kier molecular flexibility index (Phi) is 11.8. The number of amides is 2. The van der Waals surface area contributed by atoms with Crippen LogP contribution in [-0.4, -0.2) is 91.0 Å². The highest BCUT2D eigenvalue weighted by Gasteiger charge is 2.31. The van der Waals surface area contributed by atoms with E-state index in [-0.39, 0.29) is 34.0 Å². The van der Waals surface area contributed by atoms with Gasteiger partial charge < -0.3 is 9.80 Å². The van der Waals surface area contributed by atoms with Crippen LogP contribution in [0.1, 0.15) is 62.8 Å². The normalized spacial score (nSPS) is 19.7. The molecule has 0 radical (unpaired) electrons. The predicted molar refractivity (Wildman–Crippen MR) is 237 cm³/mol. The van der Waals surface area contributed by atoms with Crippen LogP contribution in [0.3, 0.4) is 0 Å². The first kappa shape index (κ1) is 41.1. The van der Waals surface area contributed by atoms with Crippen molar-refractivity contribution in [3.63, 3.8) is 0 Å². The first-order valence-corrected chi connectivity index (χ1v) is 23.3. The van der Waals surface area contributed by atoms with Gasteiger partial charge in [0.1, 0.15) is 5.69 Å². The molecular weight excluding hydrogens is 815 g/mol. The third-order valence-electron chi connectivity index (χ3n) is 12.9. The van der Waals surface area contributed by atoms with Crippen molar-refractivity contribution in [2.45, 2.75) is 62.5 Å². The lowest BCUT2D eigenvalue weighted by molar-refractivity contribution is -0.134. The summed E-state index contributed by atoms with van der Waals surface area (Å²) in [5, 5.41) is 7.03. The van der Waals surface area contributed by atoms with Crippen LogP contribution in [0.5, 0.6) is 0 Å². The summed E-state index contributed by atoms with van der Waals surface area (Å²) in [5.74, 6) is -0.710. The van der Waals surface area contributed by atoms with Crippen molar-refractivity contribution in [3.05, 3.63) is 108 Å². The Morgan fingerprint density at radius 3 is 2.08 bits per heavy atom. The number of pyridine rings is 1. The lowest BCUT2D eigenvalue weighted by atomic mass is 9.90. The number of anilines is 3. The molecule has 3 aromatic carbocycles. The second kappa shape index (κ2) is 17.6. The fourth-order valence-corrected chi connectivity index (χ4v) is 11.2. The van der Waals surface area contributed by atoms with Crippen molar-refractivity contribution in [1.82, 2.24) is 25.0 Å². The number of nitrogens with one attached hydrogen (secondary N) is 2. The number of aromatic nitrogens is 3. The smallest absolute Gasteiger partial charge is 0.235 e. The van der Waals surface area contributed by atoms with E-state index in [1.165, 1.54) is 17.8 Å². The summed E-state index contributed by atoms with van der Waals surface area (Å²) < 4.78 is 46.9. The molecule has 15 heteroatoms. The number of benzene rings is 3. The number of hydrogen-bond donors (Lipinski definition) is 2. The van der Waals surface area contributed by atoms with Gasteiger partial charge in [-0.15, -0.1) is 0 Å². The minimum absolute atomic E-state index is 0.146. The Bertz CT molecular complexity index is 2480. The summed E-state index contributed by atoms with van der Waals surface area (Å²) in [6.45, 7) is 6.95. The number of carbonyl (C=O) groups excluding carboxylic acids is 2. The summed E-state index contributed by atoms with van der Waals surface area (Å²) in [7, 11) is -3.79. The van der Waals surface area contributed by atoms with Gasteiger partial charge >= 0.3 is 0 Å². The number of sulfonamides is 1. The maximum absolute atomic E-state index is 16.4. The molecule has 3 saturated heterocycles. The fraction of sp³-hybridized carbons (Fsp3) is 0.391. The van der Waals surface area contributed by atoms with Gasteiger partial charge in [-0.25, -0.2) is 17.5 Å². The van der Waals surface area contributed by atoms with E-state index in [9.17, 15) is 18.0 Å². The van der Waals surface area contributed by atoms with E-state index in [1.54, 1.807) is 23.3 Å². The minimum atomic E-state index is -3.79. The standard InChI is InChI=1S/C46H50ClFN8O4S/c47-34-27-40(44(48)42(28-34)52-61(59,60)38-3-1-2-4-38)41-30-56(51-45(41)33-15-19-49-20-16-33)37-11-9-36(10-12-37)55-25-23-53(24-26-55)29-31-17-21-54(22-18-31)35-7-5-32(6-8-35)39-13-14-43(57)50-46(39)58/h5-12,15-16,19-20,27-28,30-31,38-39,52H,1-4,13-14,17-18,21-26,29H2,(H,50,57,58)/t39-/m1/s1. The van der Waals surface area contributed by atoms with E-state index in [4.69, 9.17) is 16.7 Å². The van der Waals surface area contributed by atoms with Crippen molar-refractivity contribution in [2.24, 2.45) is 5.92 Å². The molecule has 1 aliphatic carbocycles. The molecule has 5 aromatic rings. The molecule has 2 N–H and O–H groups in total. The lowest BCUT2D eigenvalue weighted by Crippen LogP contribution is -2.49. The number of halogens is 2. The highest BCUT2D eigenvalue weighted by atomic mass is 35.5. The second-order valence-corrected chi connectivity index (χ2v) is 19.2. The van der Waals surface area contributed by atoms with E-state index in [0.29, 0.717) is 42.9 Å². The van der Waals surface area contributed by atoms with Crippen LogP contribution in [0.2, 0.25) is 5.02 Å². The van der Waals surface area contributed by atoms with Crippen molar-refractivity contribution >= 4 is 50.5 Å². The third kappa shape index (κ3) is 9.03. The fourth-order valence-electron chi connectivity index (χ4n) is 9.39. The molecule has 61 heavy (non-hydrogen) atoms. The molecule has 2 aromatic heterocycles. The Balaban J connectivity index is 0.824. The summed E-state index contributed by atoms with van der Waals surface area (Å²) >= 11 is 6.52. The van der Waals surface area contributed by atoms with Gasteiger partial charge in [0.15, 0.2) is 5.82 Å². The first-order chi connectivity index (χ1) is 29.6. The molecular formula is C46H50ClFN8O4S. The molecule has 5 heterocycles. The topological polar surface area (TPSA) is 133 Å². The predicted octanol–water partition coefficient (Wildman–Crippen LogP) is 7.64. The number of piperazine rings is 1. The summed E-state index contributed by atoms with van der Waals surface area (Å²) in [6, 6.07) is 23.0. The van der Waals surface area contributed by atoms with E-state index >= 15 is 4.39 Å². The van der Waals surface area contributed by atoms with Crippen LogP contribution in [0.15, 0.2) is 91.4 Å². The number of piperidine rings is 2. The molecule has 1 atom stereocenters. The van der Waals surface area contributed by atoms with Gasteiger partial charge in [0.2, 0.25) is 21.8 Å². The number of hydrogen-bond acceptors (Lipinski definition) is 9. The molecule has 12 nitrogen and oxygen atoms in total. The van der Waals surface area contributed by atoms with Crippen LogP contribution in [0.4, 0.5) is 21.5 Å². The number of imide groups is 1. The zero-order valence-corrected chi connectivity index (χ0v) is 35.6. The molecule has 4 aliphatic rings. The third-order valence-corrected chi connectivity index (χ3v) is 14.9. The maximum atomic E-state index is 16.4. The molecule has 0 spiro atoms. The van der Waals surface area contributed by atoms with Gasteiger partial charge in [-0.1, -0.05) is 36.6 Å². The first-order valence-electron chi connectivity index (χ1n) is 21.4. The van der Waals surface area contributed by atoms with Crippen molar-refractivity contribution in [2.75, 3.05) is 60.3 Å². The van der Waals surface area contributed by atoms with Crippen LogP contribution in [0.25, 0.3) is 28.1 Å². The molecule has 4 fully saturated rings.